The van der Waals surface area contributed by atoms with Crippen LogP contribution >= 0.6 is 0 Å². The molecule has 0 saturated carbocycles. The van der Waals surface area contributed by atoms with E-state index in [0.29, 0.717) is 0 Å². The summed E-state index contributed by atoms with van der Waals surface area (Å²) in [7, 11) is 0. The molecule has 0 heterocycles. The Morgan fingerprint density at radius 1 is 1.22 bits per heavy atom. The summed E-state index contributed by atoms with van der Waals surface area (Å²) in [6, 6.07) is 0. The zero-order valence-corrected chi connectivity index (χ0v) is 8.58. The average molecular weight is 187 g/mol. The zero-order valence-electron chi connectivity index (χ0n) is 6.48. The van der Waals surface area contributed by atoms with Gasteiger partial charge in [0, 0.05) is 0 Å². The van der Waals surface area contributed by atoms with Crippen molar-refractivity contribution in [2.45, 2.75) is 25.5 Å². The third kappa shape index (κ3) is 4.97. The maximum absolute atomic E-state index is 2.46. The van der Waals surface area contributed by atoms with Gasteiger partial charge >= 0.3 is 66.6 Å². The van der Waals surface area contributed by atoms with Gasteiger partial charge in [-0.15, -0.1) is 0 Å². The van der Waals surface area contributed by atoms with Gasteiger partial charge in [0.15, 0.2) is 0 Å². The normalized spacial score (nSPS) is 10.7. The molecule has 0 N–H and O–H groups in total. The molecule has 3 radical (unpaired) electrons. The van der Waals surface area contributed by atoms with Crippen LogP contribution in [0.15, 0.2) is 0 Å². The molecule has 0 aromatic rings. The van der Waals surface area contributed by atoms with Crippen LogP contribution in [0.3, 0.4) is 0 Å². The van der Waals surface area contributed by atoms with E-state index in [2.05, 4.69) is 35.3 Å². The number of hydrogen-bond acceptors (Lipinski definition) is 1. The van der Waals surface area contributed by atoms with E-state index < -0.39 is 0 Å². The minimum atomic E-state index is 1.20. The second-order valence-electron chi connectivity index (χ2n) is 2.13. The Hall–Kier alpha value is 0.503. The summed E-state index contributed by atoms with van der Waals surface area (Å²) in [6.45, 7) is 8.13. The van der Waals surface area contributed by atoms with Crippen molar-refractivity contribution in [2.75, 3.05) is 19.6 Å². The summed E-state index contributed by atoms with van der Waals surface area (Å²) < 4.78 is 0. The molecule has 0 spiro atoms. The standard InChI is InChI=1S/C7H16GeN/c1-3-9(4-2)7-5-6-8/h3-7H2,1-2H3. The molecule has 0 rings (SSSR count). The van der Waals surface area contributed by atoms with E-state index >= 15 is 0 Å². The predicted octanol–water partition coefficient (Wildman–Crippen LogP) is 1.31. The third-order valence-electron chi connectivity index (χ3n) is 1.55. The van der Waals surface area contributed by atoms with Crippen molar-refractivity contribution in [3.63, 3.8) is 0 Å². The molecular weight excluding hydrogens is 171 g/mol. The van der Waals surface area contributed by atoms with Gasteiger partial charge in [-0.05, 0) is 0 Å². The summed E-state index contributed by atoms with van der Waals surface area (Å²) in [6.07, 6.45) is 1.35. The first kappa shape index (κ1) is 9.50. The number of rotatable bonds is 5. The minimum absolute atomic E-state index is 1.20. The van der Waals surface area contributed by atoms with Gasteiger partial charge in [-0.2, -0.15) is 0 Å². The number of hydrogen-bond donors (Lipinski definition) is 0. The van der Waals surface area contributed by atoms with Gasteiger partial charge in [0.2, 0.25) is 0 Å². The van der Waals surface area contributed by atoms with Crippen LogP contribution in [0.2, 0.25) is 5.25 Å². The van der Waals surface area contributed by atoms with Crippen LogP contribution in [-0.2, 0) is 0 Å². The van der Waals surface area contributed by atoms with Gasteiger partial charge in [-0.3, -0.25) is 0 Å². The second kappa shape index (κ2) is 6.62. The molecule has 0 atom stereocenters. The van der Waals surface area contributed by atoms with Gasteiger partial charge in [0.1, 0.15) is 0 Å². The van der Waals surface area contributed by atoms with E-state index in [4.69, 9.17) is 0 Å². The van der Waals surface area contributed by atoms with E-state index in [1.807, 2.05) is 0 Å². The van der Waals surface area contributed by atoms with Crippen LogP contribution in [0.25, 0.3) is 0 Å². The summed E-state index contributed by atoms with van der Waals surface area (Å²) in [5.74, 6) is 0. The van der Waals surface area contributed by atoms with E-state index in [-0.39, 0.29) is 0 Å². The van der Waals surface area contributed by atoms with E-state index in [1.54, 1.807) is 0 Å². The first-order valence-corrected chi connectivity index (χ1v) is 5.20. The molecule has 0 aromatic carbocycles. The third-order valence-corrected chi connectivity index (χ3v) is 2.29. The van der Waals surface area contributed by atoms with Crippen molar-refractivity contribution in [3.8, 4) is 0 Å². The van der Waals surface area contributed by atoms with Crippen molar-refractivity contribution >= 4 is 16.5 Å². The average Bonchev–Trinajstić information content (AvgIpc) is 1.91. The molecule has 0 unspecified atom stereocenters. The Labute approximate surface area is 67.0 Å². The summed E-state index contributed by atoms with van der Waals surface area (Å²) in [5, 5.41) is 1.32. The van der Waals surface area contributed by atoms with Gasteiger partial charge in [0.05, 0.1) is 0 Å². The monoisotopic (exact) mass is 188 g/mol. The van der Waals surface area contributed by atoms with Crippen LogP contribution in [0.1, 0.15) is 20.3 Å². The predicted molar refractivity (Wildman–Crippen MR) is 43.0 cm³/mol. The topological polar surface area (TPSA) is 3.24 Å². The Morgan fingerprint density at radius 3 is 2.11 bits per heavy atom. The Morgan fingerprint density at radius 2 is 1.78 bits per heavy atom. The molecule has 53 valence electrons. The van der Waals surface area contributed by atoms with Crippen molar-refractivity contribution in [2.24, 2.45) is 0 Å². The van der Waals surface area contributed by atoms with Crippen molar-refractivity contribution < 1.29 is 0 Å². The van der Waals surface area contributed by atoms with Crippen LogP contribution in [0.5, 0.6) is 0 Å². The molecule has 0 amide bonds. The van der Waals surface area contributed by atoms with Crippen LogP contribution in [0, 0.1) is 0 Å². The zero-order chi connectivity index (χ0) is 7.11. The van der Waals surface area contributed by atoms with Crippen molar-refractivity contribution in [1.82, 2.24) is 4.90 Å². The molecule has 0 aliphatic heterocycles. The number of nitrogens with zero attached hydrogens (tertiary/aromatic N) is 1. The maximum atomic E-state index is 2.46. The summed E-state index contributed by atoms with van der Waals surface area (Å²) in [4.78, 5) is 2.46. The first-order valence-electron chi connectivity index (χ1n) is 3.72. The quantitative estimate of drug-likeness (QED) is 0.586. The van der Waals surface area contributed by atoms with Gasteiger partial charge in [-0.1, -0.05) is 0 Å². The second-order valence-corrected chi connectivity index (χ2v) is 3.18. The molecule has 0 fully saturated rings. The molecule has 9 heavy (non-hydrogen) atoms. The van der Waals surface area contributed by atoms with E-state index in [1.165, 1.54) is 31.3 Å². The van der Waals surface area contributed by atoms with Crippen molar-refractivity contribution in [1.29, 1.82) is 0 Å². The molecule has 2 heteroatoms. The van der Waals surface area contributed by atoms with Gasteiger partial charge in [0.25, 0.3) is 0 Å². The Bertz CT molecular complexity index is 52.9. The molecule has 0 aromatic heterocycles. The fourth-order valence-electron chi connectivity index (χ4n) is 0.842. The fraction of sp³-hybridized carbons (Fsp3) is 1.00. The Balaban J connectivity index is 3.09. The van der Waals surface area contributed by atoms with Gasteiger partial charge < -0.3 is 0 Å². The summed E-state index contributed by atoms with van der Waals surface area (Å²) in [5.41, 5.74) is 0. The SMILES string of the molecule is CCN(CC)CC[CH2][Ge]. The fourth-order valence-corrected chi connectivity index (χ4v) is 1.17. The molecular formula is C7H16GeN. The molecule has 0 aliphatic rings. The molecule has 0 bridgehead atoms. The van der Waals surface area contributed by atoms with Crippen molar-refractivity contribution in [3.05, 3.63) is 0 Å². The molecule has 0 aliphatic carbocycles. The van der Waals surface area contributed by atoms with Crippen LogP contribution in [0.4, 0.5) is 0 Å². The molecule has 0 saturated heterocycles. The van der Waals surface area contributed by atoms with Gasteiger partial charge in [-0.25, -0.2) is 0 Å². The van der Waals surface area contributed by atoms with Crippen LogP contribution in [-0.4, -0.2) is 41.0 Å². The van der Waals surface area contributed by atoms with E-state index in [9.17, 15) is 0 Å². The Kier molecular flexibility index (Phi) is 6.99. The molecule has 1 nitrogen and oxygen atoms in total. The van der Waals surface area contributed by atoms with Crippen LogP contribution < -0.4 is 0 Å². The summed E-state index contributed by atoms with van der Waals surface area (Å²) >= 11 is 2.24. The first-order chi connectivity index (χ1) is 4.35. The van der Waals surface area contributed by atoms with E-state index in [0.717, 1.165) is 0 Å².